The van der Waals surface area contributed by atoms with E-state index < -0.39 is 36.1 Å². The van der Waals surface area contributed by atoms with E-state index in [1.807, 2.05) is 12.1 Å². The van der Waals surface area contributed by atoms with Gasteiger partial charge in [-0.05, 0) is 37.3 Å². The molecule has 3 aliphatic heterocycles. The van der Waals surface area contributed by atoms with Gasteiger partial charge in [-0.25, -0.2) is 29.6 Å². The first-order valence-electron chi connectivity index (χ1n) is 12.5. The van der Waals surface area contributed by atoms with Crippen LogP contribution in [0.2, 0.25) is 0 Å². The van der Waals surface area contributed by atoms with Crippen LogP contribution in [0, 0.1) is 23.2 Å². The van der Waals surface area contributed by atoms with Gasteiger partial charge in [-0.15, -0.1) is 0 Å². The maximum atomic E-state index is 13.2. The molecule has 5 heterocycles. The third kappa shape index (κ3) is 3.98. The fraction of sp³-hybridized carbons (Fsp3) is 0.440. The highest BCUT2D eigenvalue weighted by molar-refractivity contribution is 6.03. The average Bonchev–Trinajstić information content (AvgIpc) is 3.32. The number of likely N-dealkylation sites (N-methyl/N-ethyl adjacent to an activating group) is 1. The predicted molar refractivity (Wildman–Crippen MR) is 136 cm³/mol. The highest BCUT2D eigenvalue weighted by Crippen LogP contribution is 2.45. The fourth-order valence-electron chi connectivity index (χ4n) is 5.34. The van der Waals surface area contributed by atoms with E-state index in [9.17, 15) is 14.4 Å². The topological polar surface area (TPSA) is 151 Å². The molecule has 194 valence electrons. The molecule has 13 heteroatoms. The van der Waals surface area contributed by atoms with Gasteiger partial charge in [-0.2, -0.15) is 5.26 Å². The van der Waals surface area contributed by atoms with Crippen LogP contribution in [0.25, 0.3) is 11.3 Å². The summed E-state index contributed by atoms with van der Waals surface area (Å²) in [6.45, 7) is 3.29. The van der Waals surface area contributed by atoms with Crippen LogP contribution >= 0.6 is 0 Å². The molecule has 5 atom stereocenters. The molecule has 2 aromatic rings. The van der Waals surface area contributed by atoms with Gasteiger partial charge >= 0.3 is 6.03 Å². The molecular formula is C25H26N10O3. The Labute approximate surface area is 218 Å². The van der Waals surface area contributed by atoms with Crippen LogP contribution in [0.3, 0.4) is 0 Å². The molecule has 0 radical (unpaired) electrons. The highest BCUT2D eigenvalue weighted by Gasteiger charge is 2.51. The number of hydrogen-bond donors (Lipinski definition) is 1. The molecule has 13 nitrogen and oxygen atoms in total. The lowest BCUT2D eigenvalue weighted by Gasteiger charge is -2.41. The largest absolute Gasteiger partial charge is 0.340 e. The number of urea groups is 1. The van der Waals surface area contributed by atoms with Gasteiger partial charge in [-0.3, -0.25) is 9.59 Å². The summed E-state index contributed by atoms with van der Waals surface area (Å²) < 4.78 is 0. The lowest BCUT2D eigenvalue weighted by atomic mass is 10.1. The van der Waals surface area contributed by atoms with Crippen molar-refractivity contribution in [2.75, 3.05) is 36.9 Å². The van der Waals surface area contributed by atoms with E-state index in [2.05, 4.69) is 30.2 Å². The second-order valence-corrected chi connectivity index (χ2v) is 10.1. The third-order valence-corrected chi connectivity index (χ3v) is 7.66. The van der Waals surface area contributed by atoms with Crippen molar-refractivity contribution in [3.63, 3.8) is 0 Å². The van der Waals surface area contributed by atoms with E-state index in [1.165, 1.54) is 29.6 Å². The molecule has 2 saturated heterocycles. The predicted octanol–water partition coefficient (Wildman–Crippen LogP) is 0.778. The van der Waals surface area contributed by atoms with Gasteiger partial charge in [0.05, 0.1) is 18.1 Å². The van der Waals surface area contributed by atoms with Gasteiger partial charge in [-0.1, -0.05) is 6.07 Å². The molecular weight excluding hydrogens is 488 g/mol. The van der Waals surface area contributed by atoms with Crippen molar-refractivity contribution in [2.24, 2.45) is 16.8 Å². The van der Waals surface area contributed by atoms with Gasteiger partial charge < -0.3 is 20.0 Å². The van der Waals surface area contributed by atoms with Crippen molar-refractivity contribution in [3.8, 4) is 17.3 Å². The summed E-state index contributed by atoms with van der Waals surface area (Å²) in [5.41, 5.74) is 1.35. The second kappa shape index (κ2) is 9.05. The molecule has 4 amide bonds. The SMILES string of the molecule is CC(C(=O)Nc1cccc(-c2cnc(N3CC4CC4C3)nc2)n1)N1C=NC2C1C(=O)N(CC#N)C(=O)N2C. The maximum absolute atomic E-state index is 13.2. The number of imide groups is 1. The summed E-state index contributed by atoms with van der Waals surface area (Å²) in [6.07, 6.45) is 5.43. The molecule has 4 aliphatic rings. The minimum absolute atomic E-state index is 0.337. The number of carbonyl (C=O) groups is 3. The molecule has 1 aliphatic carbocycles. The van der Waals surface area contributed by atoms with E-state index >= 15 is 0 Å². The number of pyridine rings is 1. The van der Waals surface area contributed by atoms with Gasteiger partial charge in [0.15, 0.2) is 12.2 Å². The number of nitrogens with zero attached hydrogens (tertiary/aromatic N) is 9. The number of aliphatic imine (C=N–C) groups is 1. The number of nitriles is 1. The number of aromatic nitrogens is 3. The highest BCUT2D eigenvalue weighted by atomic mass is 16.2. The number of fused-ring (bicyclic) bond motifs is 2. The number of anilines is 2. The summed E-state index contributed by atoms with van der Waals surface area (Å²) in [6, 6.07) is 4.81. The first kappa shape index (κ1) is 23.8. The van der Waals surface area contributed by atoms with Crippen LogP contribution in [0.1, 0.15) is 13.3 Å². The quantitative estimate of drug-likeness (QED) is 0.551. The molecule has 1 saturated carbocycles. The number of piperidine rings is 1. The van der Waals surface area contributed by atoms with Crippen LogP contribution in [-0.2, 0) is 9.59 Å². The summed E-state index contributed by atoms with van der Waals surface area (Å²) >= 11 is 0. The number of carbonyl (C=O) groups excluding carboxylic acids is 3. The Morgan fingerprint density at radius 1 is 1.21 bits per heavy atom. The molecule has 5 unspecified atom stereocenters. The van der Waals surface area contributed by atoms with Crippen LogP contribution in [-0.4, -0.2) is 98.8 Å². The Bertz CT molecular complexity index is 1360. The van der Waals surface area contributed by atoms with Crippen molar-refractivity contribution in [3.05, 3.63) is 30.6 Å². The summed E-state index contributed by atoms with van der Waals surface area (Å²) in [4.78, 5) is 62.4. The molecule has 0 spiro atoms. The second-order valence-electron chi connectivity index (χ2n) is 10.1. The number of amides is 4. The Balaban J connectivity index is 1.14. The number of nitrogens with one attached hydrogen (secondary N) is 1. The summed E-state index contributed by atoms with van der Waals surface area (Å²) in [5, 5.41) is 11.8. The van der Waals surface area contributed by atoms with Crippen molar-refractivity contribution < 1.29 is 14.4 Å². The minimum Gasteiger partial charge on any atom is -0.340 e. The van der Waals surface area contributed by atoms with Gasteiger partial charge in [0.25, 0.3) is 5.91 Å². The smallest absolute Gasteiger partial charge is 0.329 e. The molecule has 3 fully saturated rings. The maximum Gasteiger partial charge on any atom is 0.329 e. The molecule has 0 bridgehead atoms. The normalized spacial score (nSPS) is 26.2. The average molecular weight is 515 g/mol. The van der Waals surface area contributed by atoms with Gasteiger partial charge in [0, 0.05) is 38.1 Å². The molecule has 1 N–H and O–H groups in total. The van der Waals surface area contributed by atoms with E-state index in [1.54, 1.807) is 31.5 Å². The molecule has 38 heavy (non-hydrogen) atoms. The van der Waals surface area contributed by atoms with E-state index in [-0.39, 0.29) is 6.54 Å². The Morgan fingerprint density at radius 2 is 1.95 bits per heavy atom. The standard InChI is InChI=1S/C25H26N10O3/c1-14(35-13-29-21-20(35)23(37)34(7-6-26)25(38)32(21)2)22(36)31-19-5-3-4-18(30-19)17-9-27-24(28-10-17)33-11-15-8-16(15)12-33/h3-5,9-10,13-16,20-21H,7-8,11-12H2,1-2H3,(H,30,31,36). The lowest BCUT2D eigenvalue weighted by Crippen LogP contribution is -2.66. The monoisotopic (exact) mass is 514 g/mol. The number of rotatable bonds is 6. The minimum atomic E-state index is -0.900. The van der Waals surface area contributed by atoms with Crippen molar-refractivity contribution in [1.82, 2.24) is 29.7 Å². The zero-order valence-electron chi connectivity index (χ0n) is 20.9. The zero-order valence-corrected chi connectivity index (χ0v) is 20.9. The first-order valence-corrected chi connectivity index (χ1v) is 12.5. The van der Waals surface area contributed by atoms with E-state index in [4.69, 9.17) is 5.26 Å². The lowest BCUT2D eigenvalue weighted by molar-refractivity contribution is -0.138. The van der Waals surface area contributed by atoms with E-state index in [0.29, 0.717) is 11.5 Å². The molecule has 2 aromatic heterocycles. The van der Waals surface area contributed by atoms with Gasteiger partial charge in [0.1, 0.15) is 18.4 Å². The molecule has 0 aromatic carbocycles. The summed E-state index contributed by atoms with van der Waals surface area (Å²) in [7, 11) is 1.52. The number of hydrogen-bond acceptors (Lipinski definition) is 10. The van der Waals surface area contributed by atoms with Crippen LogP contribution in [0.5, 0.6) is 0 Å². The van der Waals surface area contributed by atoms with Crippen LogP contribution in [0.4, 0.5) is 16.6 Å². The van der Waals surface area contributed by atoms with E-state index in [0.717, 1.165) is 41.3 Å². The van der Waals surface area contributed by atoms with Crippen LogP contribution in [0.15, 0.2) is 35.6 Å². The van der Waals surface area contributed by atoms with Crippen molar-refractivity contribution >= 4 is 36.0 Å². The van der Waals surface area contributed by atoms with Crippen molar-refractivity contribution in [1.29, 1.82) is 5.26 Å². The fourth-order valence-corrected chi connectivity index (χ4v) is 5.34. The van der Waals surface area contributed by atoms with Crippen LogP contribution < -0.4 is 10.2 Å². The Kier molecular flexibility index (Phi) is 5.67. The zero-order chi connectivity index (χ0) is 26.6. The van der Waals surface area contributed by atoms with Crippen molar-refractivity contribution in [2.45, 2.75) is 31.6 Å². The first-order chi connectivity index (χ1) is 18.4. The van der Waals surface area contributed by atoms with Gasteiger partial charge in [0.2, 0.25) is 11.9 Å². The molecule has 6 rings (SSSR count). The third-order valence-electron chi connectivity index (χ3n) is 7.66. The Hall–Kier alpha value is -4.60. The summed E-state index contributed by atoms with van der Waals surface area (Å²) in [5.74, 6) is 1.67. The Morgan fingerprint density at radius 3 is 2.66 bits per heavy atom.